The van der Waals surface area contributed by atoms with Gasteiger partial charge >= 0.3 is 0 Å². The summed E-state index contributed by atoms with van der Waals surface area (Å²) in [6.45, 7) is 5.60. The third-order valence-electron chi connectivity index (χ3n) is 3.88. The van der Waals surface area contributed by atoms with Crippen molar-refractivity contribution in [2.75, 3.05) is 20.8 Å². The van der Waals surface area contributed by atoms with E-state index in [-0.39, 0.29) is 0 Å². The molecule has 0 amide bonds. The minimum atomic E-state index is 0.435. The molecule has 0 bridgehead atoms. The zero-order valence-electron chi connectivity index (χ0n) is 12.5. The Hall–Kier alpha value is -1.22. The lowest BCUT2D eigenvalue weighted by atomic mass is 9.93. The van der Waals surface area contributed by atoms with Crippen LogP contribution in [0.25, 0.3) is 0 Å². The molecule has 1 heterocycles. The highest BCUT2D eigenvalue weighted by Crippen LogP contribution is 2.36. The van der Waals surface area contributed by atoms with Gasteiger partial charge in [-0.2, -0.15) is 0 Å². The van der Waals surface area contributed by atoms with E-state index >= 15 is 0 Å². The maximum Gasteiger partial charge on any atom is 0.161 e. The van der Waals surface area contributed by atoms with Crippen LogP contribution in [-0.4, -0.2) is 20.8 Å². The number of benzene rings is 1. The number of nitrogens with one attached hydrogen (secondary N) is 1. The van der Waals surface area contributed by atoms with Gasteiger partial charge in [-0.25, -0.2) is 0 Å². The van der Waals surface area contributed by atoms with Gasteiger partial charge in [-0.3, -0.25) is 0 Å². The van der Waals surface area contributed by atoms with Crippen LogP contribution in [0.3, 0.4) is 0 Å². The van der Waals surface area contributed by atoms with Crippen LogP contribution >= 0.6 is 0 Å². The molecule has 19 heavy (non-hydrogen) atoms. The average molecular weight is 263 g/mol. The molecule has 0 radical (unpaired) electrons. The number of fused-ring (bicyclic) bond motifs is 1. The molecule has 0 fully saturated rings. The highest BCUT2D eigenvalue weighted by Gasteiger charge is 2.23. The predicted octanol–water partition coefficient (Wildman–Crippen LogP) is 3.33. The molecule has 0 aliphatic carbocycles. The topological polar surface area (TPSA) is 30.5 Å². The van der Waals surface area contributed by atoms with Crippen LogP contribution < -0.4 is 14.8 Å². The fourth-order valence-electron chi connectivity index (χ4n) is 2.89. The summed E-state index contributed by atoms with van der Waals surface area (Å²) in [5, 5.41) is 3.68. The van der Waals surface area contributed by atoms with Crippen molar-refractivity contribution in [1.29, 1.82) is 0 Å². The minimum absolute atomic E-state index is 0.435. The van der Waals surface area contributed by atoms with Crippen molar-refractivity contribution >= 4 is 0 Å². The van der Waals surface area contributed by atoms with E-state index in [2.05, 4.69) is 31.3 Å². The Kier molecular flexibility index (Phi) is 4.70. The Balaban J connectivity index is 2.45. The van der Waals surface area contributed by atoms with Crippen LogP contribution in [0.2, 0.25) is 0 Å². The standard InChI is InChI=1S/C16H25NO2/c1-5-6-14-13-9-16(19-4)15(18-3)8-12(13)7-11(2)10-17-14/h8-9,11,14,17H,5-7,10H2,1-4H3. The molecule has 2 unspecified atom stereocenters. The summed E-state index contributed by atoms with van der Waals surface area (Å²) in [7, 11) is 3.40. The van der Waals surface area contributed by atoms with Crippen LogP contribution in [0.5, 0.6) is 11.5 Å². The van der Waals surface area contributed by atoms with Gasteiger partial charge in [-0.15, -0.1) is 0 Å². The molecule has 1 aliphatic rings. The van der Waals surface area contributed by atoms with Crippen LogP contribution in [0.4, 0.5) is 0 Å². The Morgan fingerprint density at radius 2 is 1.89 bits per heavy atom. The lowest BCUT2D eigenvalue weighted by Crippen LogP contribution is -2.24. The maximum atomic E-state index is 5.44. The highest BCUT2D eigenvalue weighted by atomic mass is 16.5. The molecule has 1 N–H and O–H groups in total. The molecule has 106 valence electrons. The second kappa shape index (κ2) is 6.29. The Labute approximate surface area is 116 Å². The molecule has 1 aromatic rings. The number of rotatable bonds is 4. The normalized spacial score (nSPS) is 22.5. The molecule has 0 spiro atoms. The lowest BCUT2D eigenvalue weighted by molar-refractivity contribution is 0.353. The van der Waals surface area contributed by atoms with E-state index < -0.39 is 0 Å². The predicted molar refractivity (Wildman–Crippen MR) is 78.1 cm³/mol. The third kappa shape index (κ3) is 3.03. The fraction of sp³-hybridized carbons (Fsp3) is 0.625. The van der Waals surface area contributed by atoms with Gasteiger partial charge in [0.2, 0.25) is 0 Å². The number of hydrogen-bond acceptors (Lipinski definition) is 3. The first kappa shape index (κ1) is 14.2. The van der Waals surface area contributed by atoms with Gasteiger partial charge in [0, 0.05) is 6.04 Å². The maximum absolute atomic E-state index is 5.44. The Morgan fingerprint density at radius 3 is 2.53 bits per heavy atom. The summed E-state index contributed by atoms with van der Waals surface area (Å²) in [6.07, 6.45) is 3.44. The largest absolute Gasteiger partial charge is 0.493 e. The second-order valence-electron chi connectivity index (χ2n) is 5.46. The molecule has 0 saturated heterocycles. The monoisotopic (exact) mass is 263 g/mol. The molecular formula is C16H25NO2. The lowest BCUT2D eigenvalue weighted by Gasteiger charge is -2.20. The zero-order chi connectivity index (χ0) is 13.8. The first-order chi connectivity index (χ1) is 9.19. The molecule has 0 saturated carbocycles. The van der Waals surface area contributed by atoms with Gasteiger partial charge in [0.15, 0.2) is 11.5 Å². The summed E-state index contributed by atoms with van der Waals surface area (Å²) in [5.41, 5.74) is 2.78. The van der Waals surface area contributed by atoms with Gasteiger partial charge in [0.25, 0.3) is 0 Å². The summed E-state index contributed by atoms with van der Waals surface area (Å²) in [4.78, 5) is 0. The van der Waals surface area contributed by atoms with Crippen molar-refractivity contribution < 1.29 is 9.47 Å². The minimum Gasteiger partial charge on any atom is -0.493 e. The van der Waals surface area contributed by atoms with Crippen molar-refractivity contribution in [3.63, 3.8) is 0 Å². The van der Waals surface area contributed by atoms with Gasteiger partial charge in [0.1, 0.15) is 0 Å². The molecular weight excluding hydrogens is 238 g/mol. The van der Waals surface area contributed by atoms with Crippen molar-refractivity contribution in [2.45, 2.75) is 39.2 Å². The van der Waals surface area contributed by atoms with E-state index in [4.69, 9.17) is 9.47 Å². The molecule has 2 rings (SSSR count). The zero-order valence-corrected chi connectivity index (χ0v) is 12.5. The number of ether oxygens (including phenoxy) is 2. The van der Waals surface area contributed by atoms with Gasteiger partial charge in [-0.05, 0) is 48.6 Å². The van der Waals surface area contributed by atoms with Crippen molar-refractivity contribution in [3.05, 3.63) is 23.3 Å². The summed E-state index contributed by atoms with van der Waals surface area (Å²) >= 11 is 0. The molecule has 0 aromatic heterocycles. The van der Waals surface area contributed by atoms with Crippen molar-refractivity contribution in [1.82, 2.24) is 5.32 Å². The molecule has 1 aromatic carbocycles. The summed E-state index contributed by atoms with van der Waals surface area (Å²) < 4.78 is 10.9. The van der Waals surface area contributed by atoms with Gasteiger partial charge < -0.3 is 14.8 Å². The quantitative estimate of drug-likeness (QED) is 0.904. The summed E-state index contributed by atoms with van der Waals surface area (Å²) in [5.74, 6) is 2.32. The van der Waals surface area contributed by atoms with Crippen LogP contribution in [0, 0.1) is 5.92 Å². The van der Waals surface area contributed by atoms with E-state index in [1.165, 1.54) is 17.5 Å². The molecule has 3 heteroatoms. The van der Waals surface area contributed by atoms with E-state index in [0.29, 0.717) is 12.0 Å². The average Bonchev–Trinajstić information content (AvgIpc) is 2.57. The number of hydrogen-bond donors (Lipinski definition) is 1. The van der Waals surface area contributed by atoms with E-state index in [0.717, 1.165) is 30.9 Å². The fourth-order valence-corrected chi connectivity index (χ4v) is 2.89. The van der Waals surface area contributed by atoms with E-state index in [1.54, 1.807) is 14.2 Å². The van der Waals surface area contributed by atoms with Crippen molar-refractivity contribution in [3.8, 4) is 11.5 Å². The SMILES string of the molecule is CCCC1NCC(C)Cc2cc(OC)c(OC)cc21. The van der Waals surface area contributed by atoms with Crippen LogP contribution in [0.15, 0.2) is 12.1 Å². The third-order valence-corrected chi connectivity index (χ3v) is 3.88. The highest BCUT2D eigenvalue weighted by molar-refractivity contribution is 5.49. The Morgan fingerprint density at radius 1 is 1.21 bits per heavy atom. The molecule has 3 nitrogen and oxygen atoms in total. The smallest absolute Gasteiger partial charge is 0.161 e. The number of methoxy groups -OCH3 is 2. The first-order valence-electron chi connectivity index (χ1n) is 7.17. The van der Waals surface area contributed by atoms with Crippen molar-refractivity contribution in [2.24, 2.45) is 5.92 Å². The van der Waals surface area contributed by atoms with Gasteiger partial charge in [0.05, 0.1) is 14.2 Å². The summed E-state index contributed by atoms with van der Waals surface area (Å²) in [6, 6.07) is 4.74. The molecule has 1 aliphatic heterocycles. The van der Waals surface area contributed by atoms with E-state index in [9.17, 15) is 0 Å². The van der Waals surface area contributed by atoms with E-state index in [1.807, 2.05) is 0 Å². The first-order valence-corrected chi connectivity index (χ1v) is 7.17. The molecule has 2 atom stereocenters. The van der Waals surface area contributed by atoms with Crippen LogP contribution in [0.1, 0.15) is 43.9 Å². The van der Waals surface area contributed by atoms with Crippen LogP contribution in [-0.2, 0) is 6.42 Å². The second-order valence-corrected chi connectivity index (χ2v) is 5.46. The van der Waals surface area contributed by atoms with Gasteiger partial charge in [-0.1, -0.05) is 20.3 Å². The Bertz CT molecular complexity index is 431.